The molecule has 0 aliphatic heterocycles. The second-order valence-corrected chi connectivity index (χ2v) is 17.8. The molecule has 0 fully saturated rings. The molecule has 0 rings (SSSR count). The van der Waals surface area contributed by atoms with Crippen molar-refractivity contribution in [3.05, 3.63) is 72.9 Å². The highest BCUT2D eigenvalue weighted by Gasteiger charge is 2.19. The third-order valence-corrected chi connectivity index (χ3v) is 11.4. The maximum Gasteiger partial charge on any atom is 0.306 e. The molecule has 0 amide bonds. The summed E-state index contributed by atoms with van der Waals surface area (Å²) in [6.07, 6.45) is 65.9. The first-order chi connectivity index (χ1) is 31.5. The monoisotopic (exact) mass is 893 g/mol. The van der Waals surface area contributed by atoms with Crippen molar-refractivity contribution in [2.75, 3.05) is 13.2 Å². The average Bonchev–Trinajstić information content (AvgIpc) is 3.29. The Bertz CT molecular complexity index is 1210. The van der Waals surface area contributed by atoms with Gasteiger partial charge in [-0.3, -0.25) is 14.4 Å². The van der Waals surface area contributed by atoms with E-state index in [1.54, 1.807) is 0 Å². The first-order valence-corrected chi connectivity index (χ1v) is 26.9. The summed E-state index contributed by atoms with van der Waals surface area (Å²) in [7, 11) is 0. The summed E-state index contributed by atoms with van der Waals surface area (Å²) >= 11 is 0. The van der Waals surface area contributed by atoms with Crippen LogP contribution in [0, 0.1) is 0 Å². The van der Waals surface area contributed by atoms with Crippen LogP contribution in [0.2, 0.25) is 0 Å². The fourth-order valence-corrected chi connectivity index (χ4v) is 7.40. The van der Waals surface area contributed by atoms with Gasteiger partial charge in [0.2, 0.25) is 0 Å². The van der Waals surface area contributed by atoms with Crippen LogP contribution in [-0.4, -0.2) is 37.2 Å². The quantitative estimate of drug-likeness (QED) is 0.0262. The van der Waals surface area contributed by atoms with Crippen LogP contribution in [0.4, 0.5) is 0 Å². The molecule has 64 heavy (non-hydrogen) atoms. The molecule has 0 aliphatic rings. The van der Waals surface area contributed by atoms with Crippen LogP contribution in [0.3, 0.4) is 0 Å². The van der Waals surface area contributed by atoms with Crippen molar-refractivity contribution in [2.45, 2.75) is 264 Å². The van der Waals surface area contributed by atoms with E-state index in [4.69, 9.17) is 14.2 Å². The van der Waals surface area contributed by atoms with Crippen LogP contribution >= 0.6 is 0 Å². The molecular formula is C58H100O6. The fraction of sp³-hybridized carbons (Fsp3) is 0.741. The van der Waals surface area contributed by atoms with Crippen molar-refractivity contribution in [1.82, 2.24) is 0 Å². The predicted molar refractivity (Wildman–Crippen MR) is 274 cm³/mol. The second-order valence-electron chi connectivity index (χ2n) is 17.8. The maximum atomic E-state index is 12.8. The second kappa shape index (κ2) is 52.5. The van der Waals surface area contributed by atoms with Crippen molar-refractivity contribution in [3.63, 3.8) is 0 Å². The first kappa shape index (κ1) is 60.9. The van der Waals surface area contributed by atoms with Gasteiger partial charge in [-0.15, -0.1) is 0 Å². The molecule has 0 saturated heterocycles. The molecule has 1 atom stereocenters. The molecule has 368 valence electrons. The molecule has 0 aliphatic carbocycles. The lowest BCUT2D eigenvalue weighted by Gasteiger charge is -2.18. The van der Waals surface area contributed by atoms with Gasteiger partial charge in [0.15, 0.2) is 6.10 Å². The summed E-state index contributed by atoms with van der Waals surface area (Å²) in [5.74, 6) is -0.914. The zero-order chi connectivity index (χ0) is 46.5. The van der Waals surface area contributed by atoms with Crippen molar-refractivity contribution in [1.29, 1.82) is 0 Å². The van der Waals surface area contributed by atoms with E-state index < -0.39 is 6.10 Å². The Hall–Kier alpha value is -3.15. The largest absolute Gasteiger partial charge is 0.462 e. The van der Waals surface area contributed by atoms with Crippen LogP contribution in [0.1, 0.15) is 258 Å². The lowest BCUT2D eigenvalue weighted by Crippen LogP contribution is -2.30. The van der Waals surface area contributed by atoms with Gasteiger partial charge in [0, 0.05) is 19.3 Å². The molecule has 0 bridgehead atoms. The number of rotatable bonds is 48. The lowest BCUT2D eigenvalue weighted by atomic mass is 10.0. The van der Waals surface area contributed by atoms with Crippen molar-refractivity contribution < 1.29 is 28.6 Å². The molecular weight excluding hydrogens is 793 g/mol. The molecule has 0 aromatic heterocycles. The Morgan fingerprint density at radius 2 is 0.609 bits per heavy atom. The van der Waals surface area contributed by atoms with Gasteiger partial charge in [0.1, 0.15) is 13.2 Å². The normalized spacial score (nSPS) is 12.6. The smallest absolute Gasteiger partial charge is 0.306 e. The van der Waals surface area contributed by atoms with Crippen molar-refractivity contribution in [3.8, 4) is 0 Å². The Kier molecular flexibility index (Phi) is 49.9. The molecule has 6 heteroatoms. The topological polar surface area (TPSA) is 78.9 Å². The minimum absolute atomic E-state index is 0.0864. The summed E-state index contributed by atoms with van der Waals surface area (Å²) in [5.41, 5.74) is 0. The number of esters is 3. The van der Waals surface area contributed by atoms with Gasteiger partial charge in [0.05, 0.1) is 0 Å². The molecule has 6 nitrogen and oxygen atoms in total. The third kappa shape index (κ3) is 49.9. The van der Waals surface area contributed by atoms with E-state index in [9.17, 15) is 14.4 Å². The summed E-state index contributed by atoms with van der Waals surface area (Å²) in [6, 6.07) is 0. The molecule has 0 heterocycles. The van der Waals surface area contributed by atoms with Crippen LogP contribution in [0.5, 0.6) is 0 Å². The number of ether oxygens (including phenoxy) is 3. The van der Waals surface area contributed by atoms with Gasteiger partial charge >= 0.3 is 17.9 Å². The number of hydrogen-bond acceptors (Lipinski definition) is 6. The Morgan fingerprint density at radius 1 is 0.328 bits per heavy atom. The fourth-order valence-electron chi connectivity index (χ4n) is 7.40. The van der Waals surface area contributed by atoms with Gasteiger partial charge in [-0.1, -0.05) is 222 Å². The summed E-state index contributed by atoms with van der Waals surface area (Å²) in [4.78, 5) is 38.0. The molecule has 0 aromatic carbocycles. The van der Waals surface area contributed by atoms with Crippen LogP contribution in [0.15, 0.2) is 72.9 Å². The molecule has 0 aromatic rings. The molecule has 0 N–H and O–H groups in total. The highest BCUT2D eigenvalue weighted by molar-refractivity contribution is 5.71. The highest BCUT2D eigenvalue weighted by Crippen LogP contribution is 2.15. The number of carbonyl (C=O) groups is 3. The van der Waals surface area contributed by atoms with E-state index in [2.05, 4.69) is 93.7 Å². The van der Waals surface area contributed by atoms with Gasteiger partial charge in [-0.05, 0) is 89.9 Å². The number of hydrogen-bond donors (Lipinski definition) is 0. The molecule has 0 unspecified atom stereocenters. The Balaban J connectivity index is 4.42. The average molecular weight is 893 g/mol. The van der Waals surface area contributed by atoms with Crippen LogP contribution < -0.4 is 0 Å². The highest BCUT2D eigenvalue weighted by atomic mass is 16.6. The Labute approximate surface area is 395 Å². The summed E-state index contributed by atoms with van der Waals surface area (Å²) in [6.45, 7) is 6.48. The van der Waals surface area contributed by atoms with E-state index in [1.807, 2.05) is 0 Å². The van der Waals surface area contributed by atoms with Crippen molar-refractivity contribution in [2.24, 2.45) is 0 Å². The summed E-state index contributed by atoms with van der Waals surface area (Å²) in [5, 5.41) is 0. The minimum Gasteiger partial charge on any atom is -0.462 e. The first-order valence-electron chi connectivity index (χ1n) is 26.9. The zero-order valence-electron chi connectivity index (χ0n) is 42.0. The number of allylic oxidation sites excluding steroid dienone is 12. The lowest BCUT2D eigenvalue weighted by molar-refractivity contribution is -0.167. The maximum absolute atomic E-state index is 12.8. The molecule has 0 spiro atoms. The predicted octanol–water partition coefficient (Wildman–Crippen LogP) is 17.8. The number of carbonyl (C=O) groups excluding carboxylic acids is 3. The number of unbranched alkanes of at least 4 members (excludes halogenated alkanes) is 25. The van der Waals surface area contributed by atoms with E-state index in [1.165, 1.54) is 109 Å². The minimum atomic E-state index is -0.789. The van der Waals surface area contributed by atoms with Crippen LogP contribution in [0.25, 0.3) is 0 Å². The van der Waals surface area contributed by atoms with Crippen LogP contribution in [-0.2, 0) is 28.6 Å². The van der Waals surface area contributed by atoms with Gasteiger partial charge in [-0.2, -0.15) is 0 Å². The third-order valence-electron chi connectivity index (χ3n) is 11.4. The van der Waals surface area contributed by atoms with E-state index in [-0.39, 0.29) is 31.1 Å². The van der Waals surface area contributed by atoms with E-state index >= 15 is 0 Å². The Morgan fingerprint density at radius 3 is 0.984 bits per heavy atom. The van der Waals surface area contributed by atoms with Gasteiger partial charge in [0.25, 0.3) is 0 Å². The molecule has 0 saturated carbocycles. The van der Waals surface area contributed by atoms with Gasteiger partial charge < -0.3 is 14.2 Å². The zero-order valence-corrected chi connectivity index (χ0v) is 42.0. The van der Waals surface area contributed by atoms with Crippen molar-refractivity contribution >= 4 is 17.9 Å². The molecule has 0 radical (unpaired) electrons. The van der Waals surface area contributed by atoms with E-state index in [0.717, 1.165) is 109 Å². The summed E-state index contributed by atoms with van der Waals surface area (Å²) < 4.78 is 16.8. The van der Waals surface area contributed by atoms with E-state index in [0.29, 0.717) is 19.3 Å². The standard InChI is InChI=1S/C58H100O6/c1-4-7-10-13-16-19-22-25-27-29-31-33-36-39-42-45-48-51-57(60)63-54-55(53-62-56(59)50-47-44-41-38-35-24-21-18-15-12-9-6-3)64-58(61)52-49-46-43-40-37-34-32-30-28-26-23-20-17-14-11-8-5-2/h8,11,16-17,19-20,25-28,32,34,55H,4-7,9-10,12-15,18,21-24,29-31,33,35-54H2,1-3H3/b11-8-,19-16-,20-17-,27-25-,28-26-,34-32-/t55-/m0/s1. The van der Waals surface area contributed by atoms with Gasteiger partial charge in [-0.25, -0.2) is 0 Å². The SMILES string of the molecule is CC/C=C\C/C=C\C/C=C\C/C=C\CCCCCCC(=O)O[C@H](COC(=O)CCCCCCCCC/C=C\C/C=C\CCCCC)COC(=O)CCCCCCCCCCCCCC.